The van der Waals surface area contributed by atoms with E-state index in [1.807, 2.05) is 0 Å². The summed E-state index contributed by atoms with van der Waals surface area (Å²) >= 11 is 1.74. The molecular weight excluding hydrogens is 374 g/mol. The van der Waals surface area contributed by atoms with E-state index in [-0.39, 0.29) is 17.1 Å². The molecule has 0 saturated heterocycles. The van der Waals surface area contributed by atoms with Crippen LogP contribution in [0.5, 0.6) is 0 Å². The summed E-state index contributed by atoms with van der Waals surface area (Å²) in [6, 6.07) is 21.6. The van der Waals surface area contributed by atoms with Gasteiger partial charge in [-0.15, -0.1) is 11.8 Å². The molecule has 5 rings (SSSR count). The zero-order chi connectivity index (χ0) is 20.2. The largest absolute Gasteiger partial charge is 0.358 e. The number of thioether (sulfide) groups is 1. The molecule has 1 atom stereocenters. The maximum atomic E-state index is 13.4. The lowest BCUT2D eigenvalue weighted by atomic mass is 9.68. The van der Waals surface area contributed by atoms with Crippen LogP contribution >= 0.6 is 11.8 Å². The Morgan fingerprint density at radius 1 is 0.966 bits per heavy atom. The molecule has 29 heavy (non-hydrogen) atoms. The third-order valence-electron chi connectivity index (χ3n) is 6.20. The van der Waals surface area contributed by atoms with Gasteiger partial charge in [0.15, 0.2) is 5.78 Å². The van der Waals surface area contributed by atoms with E-state index in [0.29, 0.717) is 6.42 Å². The van der Waals surface area contributed by atoms with Crippen molar-refractivity contribution in [3.63, 3.8) is 0 Å². The van der Waals surface area contributed by atoms with Crippen molar-refractivity contribution in [3.05, 3.63) is 83.1 Å². The maximum absolute atomic E-state index is 13.4. The minimum atomic E-state index is -0.0214. The molecule has 0 bridgehead atoms. The SMILES string of the molecule is CSc1ccc([C@@H]2C3=C(CC(C)(C)CC3=O)Nc3ccc4ccccc4c32)cc1. The van der Waals surface area contributed by atoms with E-state index in [4.69, 9.17) is 0 Å². The molecule has 1 N–H and O–H groups in total. The van der Waals surface area contributed by atoms with Crippen LogP contribution in [0.25, 0.3) is 10.8 Å². The molecule has 0 radical (unpaired) electrons. The lowest BCUT2D eigenvalue weighted by Gasteiger charge is -2.40. The average Bonchev–Trinajstić information content (AvgIpc) is 2.71. The fourth-order valence-electron chi connectivity index (χ4n) is 4.93. The predicted octanol–water partition coefficient (Wildman–Crippen LogP) is 6.76. The molecule has 3 heteroatoms. The molecule has 1 aliphatic heterocycles. The van der Waals surface area contributed by atoms with Crippen molar-refractivity contribution >= 4 is 34.0 Å². The number of rotatable bonds is 2. The monoisotopic (exact) mass is 399 g/mol. The third-order valence-corrected chi connectivity index (χ3v) is 6.95. The Hall–Kier alpha value is -2.52. The molecular formula is C26H25NOS. The first kappa shape index (κ1) is 18.5. The molecule has 3 aromatic rings. The Bertz CT molecular complexity index is 1160. The standard InChI is InChI=1S/C26H25NOS/c1-26(2)14-21-25(22(28)15-26)23(17-8-11-18(29-3)12-9-17)24-19-7-5-4-6-16(19)10-13-20(24)27-21/h4-13,23,27H,14-15H2,1-3H3/t23-/m0/s1. The smallest absolute Gasteiger partial charge is 0.162 e. The van der Waals surface area contributed by atoms with Crippen LogP contribution < -0.4 is 5.32 Å². The number of nitrogens with one attached hydrogen (secondary N) is 1. The van der Waals surface area contributed by atoms with Gasteiger partial charge in [-0.05, 0) is 58.2 Å². The number of fused-ring (bicyclic) bond motifs is 3. The van der Waals surface area contributed by atoms with Crippen molar-refractivity contribution in [2.75, 3.05) is 11.6 Å². The van der Waals surface area contributed by atoms with Crippen LogP contribution in [0, 0.1) is 5.41 Å². The summed E-state index contributed by atoms with van der Waals surface area (Å²) in [5, 5.41) is 6.09. The Labute approximate surface area is 176 Å². The summed E-state index contributed by atoms with van der Waals surface area (Å²) in [7, 11) is 0. The first-order chi connectivity index (χ1) is 14.0. The van der Waals surface area contributed by atoms with Gasteiger partial charge < -0.3 is 5.32 Å². The molecule has 0 unspecified atom stereocenters. The van der Waals surface area contributed by atoms with Crippen LogP contribution in [-0.4, -0.2) is 12.0 Å². The van der Waals surface area contributed by atoms with Crippen molar-refractivity contribution in [1.29, 1.82) is 0 Å². The number of hydrogen-bond donors (Lipinski definition) is 1. The number of ketones is 1. The van der Waals surface area contributed by atoms with Crippen LogP contribution in [0.15, 0.2) is 76.8 Å². The quantitative estimate of drug-likeness (QED) is 0.483. The van der Waals surface area contributed by atoms with E-state index in [0.717, 1.165) is 23.4 Å². The highest BCUT2D eigenvalue weighted by molar-refractivity contribution is 7.98. The molecule has 0 amide bonds. The van der Waals surface area contributed by atoms with Gasteiger partial charge in [0.2, 0.25) is 0 Å². The predicted molar refractivity (Wildman–Crippen MR) is 123 cm³/mol. The molecule has 2 nitrogen and oxygen atoms in total. The summed E-state index contributed by atoms with van der Waals surface area (Å²) in [6.07, 6.45) is 3.60. The molecule has 0 saturated carbocycles. The molecule has 1 aliphatic carbocycles. The highest BCUT2D eigenvalue weighted by atomic mass is 32.2. The number of allylic oxidation sites excluding steroid dienone is 2. The number of hydrogen-bond acceptors (Lipinski definition) is 3. The zero-order valence-corrected chi connectivity index (χ0v) is 17.9. The maximum Gasteiger partial charge on any atom is 0.162 e. The van der Waals surface area contributed by atoms with Gasteiger partial charge in [0.25, 0.3) is 0 Å². The number of carbonyl (C=O) groups is 1. The van der Waals surface area contributed by atoms with Crippen molar-refractivity contribution in [3.8, 4) is 0 Å². The fourth-order valence-corrected chi connectivity index (χ4v) is 5.34. The second-order valence-electron chi connectivity index (χ2n) is 8.91. The minimum absolute atomic E-state index is 0.00940. The van der Waals surface area contributed by atoms with Gasteiger partial charge >= 0.3 is 0 Å². The van der Waals surface area contributed by atoms with Crippen molar-refractivity contribution in [1.82, 2.24) is 0 Å². The van der Waals surface area contributed by atoms with Crippen molar-refractivity contribution in [2.45, 2.75) is 37.5 Å². The first-order valence-corrected chi connectivity index (χ1v) is 11.4. The Morgan fingerprint density at radius 2 is 1.72 bits per heavy atom. The van der Waals surface area contributed by atoms with Gasteiger partial charge in [0, 0.05) is 34.2 Å². The molecule has 3 aromatic carbocycles. The van der Waals surface area contributed by atoms with Gasteiger partial charge in [-0.3, -0.25) is 4.79 Å². The molecule has 1 heterocycles. The van der Waals surface area contributed by atoms with Crippen molar-refractivity contribution < 1.29 is 4.79 Å². The zero-order valence-electron chi connectivity index (χ0n) is 17.1. The Kier molecular flexibility index (Phi) is 4.32. The number of benzene rings is 3. The van der Waals surface area contributed by atoms with Gasteiger partial charge in [-0.2, -0.15) is 0 Å². The Balaban J connectivity index is 1.79. The fraction of sp³-hybridized carbons (Fsp3) is 0.269. The average molecular weight is 400 g/mol. The van der Waals surface area contributed by atoms with Gasteiger partial charge in [0.05, 0.1) is 0 Å². The van der Waals surface area contributed by atoms with Gasteiger partial charge in [-0.25, -0.2) is 0 Å². The van der Waals surface area contributed by atoms with E-state index in [1.54, 1.807) is 11.8 Å². The molecule has 2 aliphatic rings. The highest BCUT2D eigenvalue weighted by Gasteiger charge is 2.41. The highest BCUT2D eigenvalue weighted by Crippen LogP contribution is 2.50. The minimum Gasteiger partial charge on any atom is -0.358 e. The van der Waals surface area contributed by atoms with E-state index in [1.165, 1.54) is 26.8 Å². The molecule has 0 fully saturated rings. The summed E-state index contributed by atoms with van der Waals surface area (Å²) in [5.41, 5.74) is 5.61. The number of carbonyl (C=O) groups excluding carboxylic acids is 1. The summed E-state index contributed by atoms with van der Waals surface area (Å²) in [6.45, 7) is 4.38. The summed E-state index contributed by atoms with van der Waals surface area (Å²) in [4.78, 5) is 14.6. The van der Waals surface area contributed by atoms with Crippen LogP contribution in [0.3, 0.4) is 0 Å². The number of Topliss-reactive ketones (excluding diaryl/α,β-unsaturated/α-hetero) is 1. The second-order valence-corrected chi connectivity index (χ2v) is 9.79. The van der Waals surface area contributed by atoms with E-state index in [2.05, 4.69) is 86.1 Å². The lowest BCUT2D eigenvalue weighted by molar-refractivity contribution is -0.118. The second kappa shape index (κ2) is 6.77. The third kappa shape index (κ3) is 3.08. The lowest BCUT2D eigenvalue weighted by Crippen LogP contribution is -2.33. The van der Waals surface area contributed by atoms with Crippen molar-refractivity contribution in [2.24, 2.45) is 5.41 Å². The normalized spacial score (nSPS) is 20.2. The molecule has 0 spiro atoms. The van der Waals surface area contributed by atoms with E-state index in [9.17, 15) is 4.79 Å². The summed E-state index contributed by atoms with van der Waals surface area (Å²) < 4.78 is 0. The van der Waals surface area contributed by atoms with Crippen LogP contribution in [0.1, 0.15) is 43.7 Å². The van der Waals surface area contributed by atoms with Gasteiger partial charge in [0.1, 0.15) is 0 Å². The molecule has 146 valence electrons. The first-order valence-electron chi connectivity index (χ1n) is 10.2. The van der Waals surface area contributed by atoms with Crippen LogP contribution in [0.4, 0.5) is 5.69 Å². The van der Waals surface area contributed by atoms with Crippen LogP contribution in [-0.2, 0) is 4.79 Å². The van der Waals surface area contributed by atoms with Crippen LogP contribution in [0.2, 0.25) is 0 Å². The van der Waals surface area contributed by atoms with E-state index >= 15 is 0 Å². The Morgan fingerprint density at radius 3 is 2.48 bits per heavy atom. The number of anilines is 1. The van der Waals surface area contributed by atoms with E-state index < -0.39 is 0 Å². The molecule has 0 aromatic heterocycles. The topological polar surface area (TPSA) is 29.1 Å². The van der Waals surface area contributed by atoms with Gasteiger partial charge in [-0.1, -0.05) is 56.3 Å². The summed E-state index contributed by atoms with van der Waals surface area (Å²) in [5.74, 6) is 0.258.